The number of nitrogens with zero attached hydrogens (tertiary/aromatic N) is 1. The van der Waals surface area contributed by atoms with Gasteiger partial charge in [-0.1, -0.05) is 19.1 Å². The second kappa shape index (κ2) is 4.58. The predicted molar refractivity (Wildman–Crippen MR) is 74.7 cm³/mol. The first-order valence-corrected chi connectivity index (χ1v) is 7.58. The summed E-state index contributed by atoms with van der Waals surface area (Å²) < 4.78 is 0. The van der Waals surface area contributed by atoms with E-state index in [9.17, 15) is 0 Å². The lowest BCUT2D eigenvalue weighted by Crippen LogP contribution is -2.33. The molecule has 17 heavy (non-hydrogen) atoms. The van der Waals surface area contributed by atoms with Gasteiger partial charge in [-0.3, -0.25) is 4.90 Å². The van der Waals surface area contributed by atoms with Crippen LogP contribution >= 0.6 is 11.3 Å². The maximum Gasteiger partial charge on any atom is 0.0307 e. The zero-order valence-corrected chi connectivity index (χ0v) is 11.5. The van der Waals surface area contributed by atoms with E-state index in [1.807, 2.05) is 11.3 Å². The van der Waals surface area contributed by atoms with Crippen LogP contribution in [0.25, 0.3) is 0 Å². The molecule has 1 aliphatic carbocycles. The van der Waals surface area contributed by atoms with E-state index in [2.05, 4.69) is 43.0 Å². The normalized spacial score (nSPS) is 32.9. The lowest BCUT2D eigenvalue weighted by Gasteiger charge is -2.30. The van der Waals surface area contributed by atoms with Gasteiger partial charge in [0.1, 0.15) is 0 Å². The molecule has 1 fully saturated rings. The average Bonchev–Trinajstić information content (AvgIpc) is 2.94. The number of thiophene rings is 1. The molecule has 2 aliphatic rings. The number of rotatable bonds is 2. The monoisotopic (exact) mass is 247 g/mol. The molecule has 0 bridgehead atoms. The first kappa shape index (κ1) is 11.5. The van der Waals surface area contributed by atoms with Gasteiger partial charge in [-0.05, 0) is 50.9 Å². The Morgan fingerprint density at radius 3 is 2.94 bits per heavy atom. The Morgan fingerprint density at radius 2 is 2.24 bits per heavy atom. The summed E-state index contributed by atoms with van der Waals surface area (Å²) >= 11 is 1.97. The van der Waals surface area contributed by atoms with Crippen molar-refractivity contribution in [1.29, 1.82) is 0 Å². The van der Waals surface area contributed by atoms with Gasteiger partial charge in [-0.2, -0.15) is 0 Å². The minimum atomic E-state index is 0.687. The Kier molecular flexibility index (Phi) is 3.10. The Hall–Kier alpha value is -0.600. The molecule has 1 nitrogen and oxygen atoms in total. The number of aryl methyl sites for hydroxylation is 1. The Bertz CT molecular complexity index is 420. The predicted octanol–water partition coefficient (Wildman–Crippen LogP) is 3.81. The van der Waals surface area contributed by atoms with Crippen LogP contribution in [0.4, 0.5) is 0 Å². The SMILES string of the molecule is CCN1CC[C@@H]2C[C@H](c3ccc(C)s3)C=C[C@H]21. The van der Waals surface area contributed by atoms with E-state index in [0.29, 0.717) is 5.92 Å². The van der Waals surface area contributed by atoms with Gasteiger partial charge in [0.05, 0.1) is 0 Å². The Morgan fingerprint density at radius 1 is 1.35 bits per heavy atom. The molecule has 0 radical (unpaired) electrons. The van der Waals surface area contributed by atoms with Crippen molar-refractivity contribution in [3.8, 4) is 0 Å². The van der Waals surface area contributed by atoms with E-state index >= 15 is 0 Å². The molecular formula is C15H21NS. The number of allylic oxidation sites excluding steroid dienone is 1. The number of hydrogen-bond acceptors (Lipinski definition) is 2. The van der Waals surface area contributed by atoms with Gasteiger partial charge < -0.3 is 0 Å². The zero-order chi connectivity index (χ0) is 11.8. The quantitative estimate of drug-likeness (QED) is 0.718. The number of likely N-dealkylation sites (tertiary alicyclic amines) is 1. The zero-order valence-electron chi connectivity index (χ0n) is 10.7. The molecule has 0 spiro atoms. The molecule has 1 aliphatic heterocycles. The third-order valence-electron chi connectivity index (χ3n) is 4.32. The van der Waals surface area contributed by atoms with Crippen LogP contribution in [0.2, 0.25) is 0 Å². The van der Waals surface area contributed by atoms with E-state index in [1.165, 1.54) is 30.8 Å². The van der Waals surface area contributed by atoms with E-state index in [0.717, 1.165) is 12.0 Å². The fourth-order valence-corrected chi connectivity index (χ4v) is 4.34. The second-order valence-electron chi connectivity index (χ2n) is 5.34. The van der Waals surface area contributed by atoms with Crippen molar-refractivity contribution in [3.63, 3.8) is 0 Å². The number of likely N-dealkylation sites (N-methyl/N-ethyl adjacent to an activating group) is 1. The summed E-state index contributed by atoms with van der Waals surface area (Å²) in [6.07, 6.45) is 7.69. The molecule has 0 N–H and O–H groups in total. The summed E-state index contributed by atoms with van der Waals surface area (Å²) in [4.78, 5) is 5.63. The van der Waals surface area contributed by atoms with Crippen LogP contribution in [-0.2, 0) is 0 Å². The molecular weight excluding hydrogens is 226 g/mol. The van der Waals surface area contributed by atoms with Crippen molar-refractivity contribution in [2.45, 2.75) is 38.6 Å². The second-order valence-corrected chi connectivity index (χ2v) is 6.66. The molecule has 0 unspecified atom stereocenters. The van der Waals surface area contributed by atoms with Gasteiger partial charge in [0, 0.05) is 21.7 Å². The Balaban J connectivity index is 1.78. The molecule has 0 amide bonds. The van der Waals surface area contributed by atoms with Gasteiger partial charge in [0.25, 0.3) is 0 Å². The topological polar surface area (TPSA) is 3.24 Å². The fraction of sp³-hybridized carbons (Fsp3) is 0.600. The summed E-state index contributed by atoms with van der Waals surface area (Å²) in [6.45, 7) is 6.99. The molecule has 1 aromatic heterocycles. The minimum Gasteiger partial charge on any atom is -0.297 e. The molecule has 0 aromatic carbocycles. The lowest BCUT2D eigenvalue weighted by molar-refractivity contribution is 0.264. The third-order valence-corrected chi connectivity index (χ3v) is 5.45. The van der Waals surface area contributed by atoms with Crippen molar-refractivity contribution in [2.24, 2.45) is 5.92 Å². The van der Waals surface area contributed by atoms with Crippen molar-refractivity contribution in [1.82, 2.24) is 4.90 Å². The summed E-state index contributed by atoms with van der Waals surface area (Å²) in [6, 6.07) is 5.31. The molecule has 2 heteroatoms. The van der Waals surface area contributed by atoms with Crippen LogP contribution < -0.4 is 0 Å². The molecule has 1 aromatic rings. The maximum absolute atomic E-state index is 2.62. The standard InChI is InChI=1S/C15H21NS/c1-3-16-9-8-12-10-13(5-6-14(12)16)15-7-4-11(2)17-15/h4-7,12-14H,3,8-10H2,1-2H3/t12-,13-,14-/m1/s1. The maximum atomic E-state index is 2.62. The molecule has 0 saturated carbocycles. The van der Waals surface area contributed by atoms with E-state index in [1.54, 1.807) is 4.88 Å². The van der Waals surface area contributed by atoms with Crippen LogP contribution in [0, 0.1) is 12.8 Å². The van der Waals surface area contributed by atoms with Crippen LogP contribution in [0.1, 0.15) is 35.4 Å². The number of hydrogen-bond donors (Lipinski definition) is 0. The van der Waals surface area contributed by atoms with Gasteiger partial charge in [-0.15, -0.1) is 11.3 Å². The summed E-state index contributed by atoms with van der Waals surface area (Å²) in [5.74, 6) is 1.58. The molecule has 2 heterocycles. The van der Waals surface area contributed by atoms with Crippen LogP contribution in [0.3, 0.4) is 0 Å². The molecule has 3 rings (SSSR count). The summed E-state index contributed by atoms with van der Waals surface area (Å²) in [5.41, 5.74) is 0. The summed E-state index contributed by atoms with van der Waals surface area (Å²) in [5, 5.41) is 0. The van der Waals surface area contributed by atoms with Crippen molar-refractivity contribution in [2.75, 3.05) is 13.1 Å². The smallest absolute Gasteiger partial charge is 0.0307 e. The lowest BCUT2D eigenvalue weighted by atomic mass is 9.83. The van der Waals surface area contributed by atoms with Gasteiger partial charge in [0.2, 0.25) is 0 Å². The Labute approximate surface area is 108 Å². The molecule has 3 atom stereocenters. The van der Waals surface area contributed by atoms with Gasteiger partial charge in [0.15, 0.2) is 0 Å². The van der Waals surface area contributed by atoms with E-state index < -0.39 is 0 Å². The minimum absolute atomic E-state index is 0.687. The largest absolute Gasteiger partial charge is 0.297 e. The van der Waals surface area contributed by atoms with E-state index in [4.69, 9.17) is 0 Å². The fourth-order valence-electron chi connectivity index (χ4n) is 3.37. The average molecular weight is 247 g/mol. The van der Waals surface area contributed by atoms with Crippen molar-refractivity contribution in [3.05, 3.63) is 34.0 Å². The van der Waals surface area contributed by atoms with Gasteiger partial charge in [-0.25, -0.2) is 0 Å². The third kappa shape index (κ3) is 2.09. The van der Waals surface area contributed by atoms with E-state index in [-0.39, 0.29) is 0 Å². The van der Waals surface area contributed by atoms with Gasteiger partial charge >= 0.3 is 0 Å². The highest BCUT2D eigenvalue weighted by atomic mass is 32.1. The highest BCUT2D eigenvalue weighted by Gasteiger charge is 2.35. The van der Waals surface area contributed by atoms with Crippen LogP contribution in [0.15, 0.2) is 24.3 Å². The molecule has 1 saturated heterocycles. The molecule has 92 valence electrons. The highest BCUT2D eigenvalue weighted by Crippen LogP contribution is 2.40. The van der Waals surface area contributed by atoms with Crippen molar-refractivity contribution >= 4 is 11.3 Å². The highest BCUT2D eigenvalue weighted by molar-refractivity contribution is 7.12. The number of fused-ring (bicyclic) bond motifs is 1. The van der Waals surface area contributed by atoms with Crippen LogP contribution in [-0.4, -0.2) is 24.0 Å². The van der Waals surface area contributed by atoms with Crippen LogP contribution in [0.5, 0.6) is 0 Å². The summed E-state index contributed by atoms with van der Waals surface area (Å²) in [7, 11) is 0. The van der Waals surface area contributed by atoms with Crippen molar-refractivity contribution < 1.29 is 0 Å². The first-order chi connectivity index (χ1) is 8.28. The first-order valence-electron chi connectivity index (χ1n) is 6.76.